The maximum atomic E-state index is 11.8. The first-order valence-corrected chi connectivity index (χ1v) is 6.14. The lowest BCUT2D eigenvalue weighted by Gasteiger charge is -2.32. The lowest BCUT2D eigenvalue weighted by molar-refractivity contribution is -0.117. The van der Waals surface area contributed by atoms with E-state index in [-0.39, 0.29) is 5.91 Å². The lowest BCUT2D eigenvalue weighted by atomic mass is 10.1. The topological polar surface area (TPSA) is 60.2 Å². The molecule has 1 amide bonds. The second kappa shape index (κ2) is 5.84. The van der Waals surface area contributed by atoms with Gasteiger partial charge in [-0.15, -0.1) is 0 Å². The van der Waals surface area contributed by atoms with Crippen molar-refractivity contribution in [3.63, 3.8) is 0 Å². The number of anilines is 1. The van der Waals surface area contributed by atoms with Crippen LogP contribution in [0.5, 0.6) is 0 Å². The third kappa shape index (κ3) is 3.57. The maximum Gasteiger partial charge on any atom is 0.227 e. The molecule has 1 aromatic heterocycles. The van der Waals surface area contributed by atoms with E-state index >= 15 is 0 Å². The third-order valence-corrected chi connectivity index (χ3v) is 3.13. The molecule has 94 valence electrons. The first kappa shape index (κ1) is 12.1. The van der Waals surface area contributed by atoms with E-state index in [1.165, 1.54) is 0 Å². The molecule has 5 heteroatoms. The fraction of sp³-hybridized carbons (Fsp3) is 0.583. The number of nitrogens with one attached hydrogen (secondary N) is 3. The highest BCUT2D eigenvalue weighted by molar-refractivity contribution is 5.90. The van der Waals surface area contributed by atoms with Crippen LogP contribution in [0.25, 0.3) is 0 Å². The molecule has 1 fully saturated rings. The highest BCUT2D eigenvalue weighted by atomic mass is 16.1. The van der Waals surface area contributed by atoms with Gasteiger partial charge in [0.2, 0.25) is 5.91 Å². The summed E-state index contributed by atoms with van der Waals surface area (Å²) in [6, 6.07) is 4.02. The van der Waals surface area contributed by atoms with Crippen molar-refractivity contribution in [2.24, 2.45) is 0 Å². The molecule has 0 bridgehead atoms. The van der Waals surface area contributed by atoms with E-state index in [0.29, 0.717) is 12.5 Å². The number of piperazine rings is 1. The Bertz CT molecular complexity index is 343. The van der Waals surface area contributed by atoms with Crippen molar-refractivity contribution in [2.75, 3.05) is 31.5 Å². The Hall–Kier alpha value is -1.33. The quantitative estimate of drug-likeness (QED) is 0.719. The van der Waals surface area contributed by atoms with E-state index in [4.69, 9.17) is 0 Å². The summed E-state index contributed by atoms with van der Waals surface area (Å²) in [4.78, 5) is 17.1. The molecule has 0 spiro atoms. The van der Waals surface area contributed by atoms with Crippen LogP contribution in [0, 0.1) is 0 Å². The molecule has 0 aromatic carbocycles. The van der Waals surface area contributed by atoms with Crippen LogP contribution in [0.4, 0.5) is 5.82 Å². The number of hydrogen-bond donors (Lipinski definition) is 3. The van der Waals surface area contributed by atoms with E-state index in [9.17, 15) is 4.79 Å². The fourth-order valence-corrected chi connectivity index (χ4v) is 2.13. The van der Waals surface area contributed by atoms with Gasteiger partial charge >= 0.3 is 0 Å². The Morgan fingerprint density at radius 1 is 1.53 bits per heavy atom. The summed E-state index contributed by atoms with van der Waals surface area (Å²) in [6.07, 6.45) is 2.34. The maximum absolute atomic E-state index is 11.8. The monoisotopic (exact) mass is 236 g/mol. The number of rotatable bonds is 4. The zero-order valence-corrected chi connectivity index (χ0v) is 10.2. The number of amides is 1. The van der Waals surface area contributed by atoms with E-state index < -0.39 is 0 Å². The van der Waals surface area contributed by atoms with E-state index in [1.807, 2.05) is 12.1 Å². The molecule has 3 N–H and O–H groups in total. The van der Waals surface area contributed by atoms with E-state index in [1.54, 1.807) is 6.20 Å². The zero-order chi connectivity index (χ0) is 12.1. The minimum atomic E-state index is 0.0680. The molecule has 1 atom stereocenters. The van der Waals surface area contributed by atoms with Gasteiger partial charge in [-0.05, 0) is 19.1 Å². The summed E-state index contributed by atoms with van der Waals surface area (Å²) in [5, 5.41) is 6.17. The van der Waals surface area contributed by atoms with Gasteiger partial charge in [0.25, 0.3) is 0 Å². The van der Waals surface area contributed by atoms with E-state index in [0.717, 1.165) is 32.0 Å². The summed E-state index contributed by atoms with van der Waals surface area (Å²) < 4.78 is 0. The molecule has 2 heterocycles. The Kier molecular flexibility index (Phi) is 4.17. The van der Waals surface area contributed by atoms with Gasteiger partial charge in [-0.3, -0.25) is 9.69 Å². The number of hydrogen-bond acceptors (Lipinski definition) is 3. The van der Waals surface area contributed by atoms with Gasteiger partial charge < -0.3 is 15.6 Å². The molecule has 1 unspecified atom stereocenters. The van der Waals surface area contributed by atoms with Gasteiger partial charge in [0.05, 0.1) is 0 Å². The van der Waals surface area contributed by atoms with Crippen molar-refractivity contribution in [3.8, 4) is 0 Å². The molecule has 2 rings (SSSR count). The van der Waals surface area contributed by atoms with Crippen LogP contribution in [-0.4, -0.2) is 48.0 Å². The van der Waals surface area contributed by atoms with Crippen molar-refractivity contribution in [2.45, 2.75) is 19.4 Å². The second-order valence-corrected chi connectivity index (χ2v) is 4.47. The van der Waals surface area contributed by atoms with Crippen molar-refractivity contribution in [3.05, 3.63) is 18.3 Å². The summed E-state index contributed by atoms with van der Waals surface area (Å²) >= 11 is 0. The van der Waals surface area contributed by atoms with Gasteiger partial charge in [-0.1, -0.05) is 0 Å². The summed E-state index contributed by atoms with van der Waals surface area (Å²) in [5.41, 5.74) is 0. The van der Waals surface area contributed by atoms with Gasteiger partial charge in [-0.25, -0.2) is 0 Å². The lowest BCUT2D eigenvalue weighted by Crippen LogP contribution is -2.48. The number of carbonyl (C=O) groups is 1. The standard InChI is InChI=1S/C12H20N4O/c1-10(16-7-5-13-6-8-16)9-12(17)15-11-3-2-4-14-11/h2-4,10,13-14H,5-9H2,1H3,(H,15,17). The first-order valence-electron chi connectivity index (χ1n) is 6.14. The predicted molar refractivity (Wildman–Crippen MR) is 67.9 cm³/mol. The van der Waals surface area contributed by atoms with Crippen LogP contribution < -0.4 is 10.6 Å². The van der Waals surface area contributed by atoms with Crippen LogP contribution in [0.15, 0.2) is 18.3 Å². The van der Waals surface area contributed by atoms with Crippen LogP contribution in [0.3, 0.4) is 0 Å². The highest BCUT2D eigenvalue weighted by Crippen LogP contribution is 2.08. The predicted octanol–water partition coefficient (Wildman–Crippen LogP) is 0.637. The number of aromatic amines is 1. The van der Waals surface area contributed by atoms with Crippen molar-refractivity contribution in [1.82, 2.24) is 15.2 Å². The molecular weight excluding hydrogens is 216 g/mol. The molecular formula is C12H20N4O. The average molecular weight is 236 g/mol. The van der Waals surface area contributed by atoms with Crippen molar-refractivity contribution in [1.29, 1.82) is 0 Å². The summed E-state index contributed by atoms with van der Waals surface area (Å²) in [7, 11) is 0. The molecule has 1 aliphatic rings. The molecule has 5 nitrogen and oxygen atoms in total. The molecule has 0 radical (unpaired) electrons. The van der Waals surface area contributed by atoms with Crippen LogP contribution in [0.1, 0.15) is 13.3 Å². The molecule has 0 saturated carbocycles. The highest BCUT2D eigenvalue weighted by Gasteiger charge is 2.18. The smallest absolute Gasteiger partial charge is 0.227 e. The Morgan fingerprint density at radius 2 is 2.29 bits per heavy atom. The Morgan fingerprint density at radius 3 is 2.94 bits per heavy atom. The Balaban J connectivity index is 1.77. The molecule has 1 aromatic rings. The van der Waals surface area contributed by atoms with E-state index in [2.05, 4.69) is 27.4 Å². The number of aromatic nitrogens is 1. The molecule has 0 aliphatic carbocycles. The van der Waals surface area contributed by atoms with Gasteiger partial charge in [0.1, 0.15) is 5.82 Å². The van der Waals surface area contributed by atoms with Gasteiger partial charge in [0.15, 0.2) is 0 Å². The number of carbonyl (C=O) groups excluding carboxylic acids is 1. The molecule has 1 saturated heterocycles. The molecule has 1 aliphatic heterocycles. The van der Waals surface area contributed by atoms with Crippen LogP contribution in [-0.2, 0) is 4.79 Å². The SMILES string of the molecule is CC(CC(=O)Nc1ccc[nH]1)N1CCNCC1. The molecule has 17 heavy (non-hydrogen) atoms. The minimum absolute atomic E-state index is 0.0680. The second-order valence-electron chi connectivity index (χ2n) is 4.47. The van der Waals surface area contributed by atoms with Crippen LogP contribution in [0.2, 0.25) is 0 Å². The first-order chi connectivity index (χ1) is 8.25. The van der Waals surface area contributed by atoms with Gasteiger partial charge in [-0.2, -0.15) is 0 Å². The normalized spacial score (nSPS) is 18.9. The van der Waals surface area contributed by atoms with Crippen molar-refractivity contribution < 1.29 is 4.79 Å². The van der Waals surface area contributed by atoms with Gasteiger partial charge in [0, 0.05) is 44.8 Å². The number of H-pyrrole nitrogens is 1. The van der Waals surface area contributed by atoms with Crippen molar-refractivity contribution >= 4 is 11.7 Å². The largest absolute Gasteiger partial charge is 0.348 e. The minimum Gasteiger partial charge on any atom is -0.348 e. The summed E-state index contributed by atoms with van der Waals surface area (Å²) in [5.74, 6) is 0.834. The number of nitrogens with zero attached hydrogens (tertiary/aromatic N) is 1. The fourth-order valence-electron chi connectivity index (χ4n) is 2.13. The van der Waals surface area contributed by atoms with Crippen LogP contribution >= 0.6 is 0 Å². The Labute approximate surface area is 102 Å². The zero-order valence-electron chi connectivity index (χ0n) is 10.2. The summed E-state index contributed by atoms with van der Waals surface area (Å²) in [6.45, 7) is 6.19. The average Bonchev–Trinajstić information content (AvgIpc) is 2.82. The third-order valence-electron chi connectivity index (χ3n) is 3.13.